The quantitative estimate of drug-likeness (QED) is 0.475. The number of aryl methyl sites for hydroxylation is 2. The molecule has 0 unspecified atom stereocenters. The first-order valence-corrected chi connectivity index (χ1v) is 9.65. The van der Waals surface area contributed by atoms with Crippen molar-refractivity contribution in [3.8, 4) is 0 Å². The Labute approximate surface area is 166 Å². The Hall–Kier alpha value is -2.86. The third kappa shape index (κ3) is 7.40. The van der Waals surface area contributed by atoms with Gasteiger partial charge in [-0.1, -0.05) is 35.4 Å². The van der Waals surface area contributed by atoms with Crippen molar-refractivity contribution in [3.63, 3.8) is 0 Å². The van der Waals surface area contributed by atoms with Crippen LogP contribution in [-0.2, 0) is 9.59 Å². The van der Waals surface area contributed by atoms with Crippen molar-refractivity contribution in [2.75, 3.05) is 23.7 Å². The molecule has 28 heavy (non-hydrogen) atoms. The maximum atomic E-state index is 12.7. The average molecular weight is 383 g/mol. The lowest BCUT2D eigenvalue weighted by atomic mass is 10.1. The number of nitrogens with two attached hydrogens (primary N) is 1. The molecular weight excluding hydrogens is 352 g/mol. The van der Waals surface area contributed by atoms with Gasteiger partial charge in [0.15, 0.2) is 0 Å². The van der Waals surface area contributed by atoms with Crippen molar-refractivity contribution in [1.82, 2.24) is 5.32 Å². The fraction of sp³-hybridized carbons (Fsp3) is 0.364. The number of unbranched alkanes of at least 4 members (excludes halogenated alkanes) is 1. The molecule has 6 nitrogen and oxygen atoms in total. The molecule has 6 heteroatoms. The number of hydrogen-bond acceptors (Lipinski definition) is 4. The van der Waals surface area contributed by atoms with Gasteiger partial charge < -0.3 is 21.7 Å². The molecule has 5 N–H and O–H groups in total. The first-order chi connectivity index (χ1) is 13.5. The van der Waals surface area contributed by atoms with Crippen molar-refractivity contribution >= 4 is 23.2 Å². The molecule has 0 aliphatic rings. The zero-order valence-corrected chi connectivity index (χ0v) is 16.6. The average Bonchev–Trinajstić information content (AvgIpc) is 2.68. The van der Waals surface area contributed by atoms with Gasteiger partial charge in [-0.05, 0) is 63.9 Å². The van der Waals surface area contributed by atoms with Gasteiger partial charge in [0, 0.05) is 11.4 Å². The van der Waals surface area contributed by atoms with E-state index >= 15 is 0 Å². The first-order valence-electron chi connectivity index (χ1n) is 9.65. The lowest BCUT2D eigenvalue weighted by molar-refractivity contribution is -0.125. The molecule has 1 atom stereocenters. The molecule has 0 bridgehead atoms. The summed E-state index contributed by atoms with van der Waals surface area (Å²) in [6, 6.07) is 14.8. The van der Waals surface area contributed by atoms with Crippen LogP contribution < -0.4 is 21.7 Å². The Morgan fingerprint density at radius 1 is 0.893 bits per heavy atom. The molecule has 0 aliphatic carbocycles. The highest BCUT2D eigenvalue weighted by Crippen LogP contribution is 2.11. The lowest BCUT2D eigenvalue weighted by Gasteiger charge is -2.19. The zero-order valence-electron chi connectivity index (χ0n) is 16.6. The van der Waals surface area contributed by atoms with Gasteiger partial charge in [0.1, 0.15) is 6.04 Å². The molecule has 0 fully saturated rings. The van der Waals surface area contributed by atoms with E-state index < -0.39 is 6.04 Å². The summed E-state index contributed by atoms with van der Waals surface area (Å²) in [5.41, 5.74) is 9.41. The standard InChI is InChI=1S/C22H30N4O2/c1-16-6-10-18(11-7-16)24-15-21(27)26-20(5-3-4-14-23)22(28)25-19-12-8-17(2)9-13-19/h6-13,20,24H,3-5,14-15,23H2,1-2H3,(H,25,28)(H,26,27)/t20-/m0/s1. The van der Waals surface area contributed by atoms with Crippen LogP contribution in [0.2, 0.25) is 0 Å². The summed E-state index contributed by atoms with van der Waals surface area (Å²) in [7, 11) is 0. The molecule has 0 spiro atoms. The Kier molecular flexibility index (Phi) is 8.49. The predicted molar refractivity (Wildman–Crippen MR) is 114 cm³/mol. The third-order valence-electron chi connectivity index (χ3n) is 4.42. The maximum absolute atomic E-state index is 12.7. The van der Waals surface area contributed by atoms with Crippen molar-refractivity contribution in [2.24, 2.45) is 5.73 Å². The Morgan fingerprint density at radius 3 is 2.04 bits per heavy atom. The summed E-state index contributed by atoms with van der Waals surface area (Å²) < 4.78 is 0. The second-order valence-corrected chi connectivity index (χ2v) is 6.98. The Balaban J connectivity index is 1.92. The van der Waals surface area contributed by atoms with Gasteiger partial charge in [0.25, 0.3) is 0 Å². The fourth-order valence-electron chi connectivity index (χ4n) is 2.73. The normalized spacial score (nSPS) is 11.5. The van der Waals surface area contributed by atoms with Crippen LogP contribution in [0.4, 0.5) is 11.4 Å². The highest BCUT2D eigenvalue weighted by Gasteiger charge is 2.20. The van der Waals surface area contributed by atoms with Crippen LogP contribution in [0, 0.1) is 13.8 Å². The molecule has 2 aromatic rings. The van der Waals surface area contributed by atoms with Crippen molar-refractivity contribution in [1.29, 1.82) is 0 Å². The number of amides is 2. The minimum Gasteiger partial charge on any atom is -0.376 e. The van der Waals surface area contributed by atoms with Gasteiger partial charge in [-0.25, -0.2) is 0 Å². The summed E-state index contributed by atoms with van der Waals surface area (Å²) in [4.78, 5) is 25.0. The second-order valence-electron chi connectivity index (χ2n) is 6.98. The first kappa shape index (κ1) is 21.4. The van der Waals surface area contributed by atoms with E-state index in [-0.39, 0.29) is 18.4 Å². The largest absolute Gasteiger partial charge is 0.376 e. The van der Waals surface area contributed by atoms with Crippen molar-refractivity contribution in [2.45, 2.75) is 39.2 Å². The van der Waals surface area contributed by atoms with Gasteiger partial charge in [-0.3, -0.25) is 9.59 Å². The summed E-state index contributed by atoms with van der Waals surface area (Å²) in [5.74, 6) is -0.443. The molecule has 0 heterocycles. The maximum Gasteiger partial charge on any atom is 0.246 e. The number of benzene rings is 2. The van der Waals surface area contributed by atoms with Gasteiger partial charge >= 0.3 is 0 Å². The zero-order chi connectivity index (χ0) is 20.4. The van der Waals surface area contributed by atoms with Gasteiger partial charge in [0.05, 0.1) is 6.54 Å². The third-order valence-corrected chi connectivity index (χ3v) is 4.42. The van der Waals surface area contributed by atoms with Gasteiger partial charge in [0.2, 0.25) is 11.8 Å². The summed E-state index contributed by atoms with van der Waals surface area (Å²) in [6.07, 6.45) is 2.13. The van der Waals surface area contributed by atoms with E-state index in [1.54, 1.807) is 0 Å². The fourth-order valence-corrected chi connectivity index (χ4v) is 2.73. The minimum atomic E-state index is -0.597. The van der Waals surface area contributed by atoms with E-state index in [0.29, 0.717) is 18.7 Å². The monoisotopic (exact) mass is 382 g/mol. The van der Waals surface area contributed by atoms with Crippen LogP contribution in [0.3, 0.4) is 0 Å². The number of hydrogen-bond donors (Lipinski definition) is 4. The van der Waals surface area contributed by atoms with Crippen LogP contribution in [0.1, 0.15) is 30.4 Å². The molecular formula is C22H30N4O2. The molecule has 2 rings (SSSR count). The number of anilines is 2. The van der Waals surface area contributed by atoms with Crippen molar-refractivity contribution in [3.05, 3.63) is 59.7 Å². The van der Waals surface area contributed by atoms with E-state index in [1.165, 1.54) is 0 Å². The summed E-state index contributed by atoms with van der Waals surface area (Å²) >= 11 is 0. The van der Waals surface area contributed by atoms with Crippen molar-refractivity contribution < 1.29 is 9.59 Å². The van der Waals surface area contributed by atoms with Gasteiger partial charge in [-0.2, -0.15) is 0 Å². The highest BCUT2D eigenvalue weighted by molar-refractivity contribution is 5.97. The SMILES string of the molecule is Cc1ccc(NCC(=O)N[C@@H](CCCCN)C(=O)Nc2ccc(C)cc2)cc1. The van der Waals surface area contributed by atoms with Crippen LogP contribution in [-0.4, -0.2) is 30.9 Å². The van der Waals surface area contributed by atoms with E-state index in [2.05, 4.69) is 16.0 Å². The minimum absolute atomic E-state index is 0.105. The molecule has 2 amide bonds. The number of nitrogens with one attached hydrogen (secondary N) is 3. The van der Waals surface area contributed by atoms with Crippen LogP contribution in [0.15, 0.2) is 48.5 Å². The smallest absolute Gasteiger partial charge is 0.246 e. The molecule has 150 valence electrons. The van der Waals surface area contributed by atoms with E-state index in [4.69, 9.17) is 5.73 Å². The molecule has 0 radical (unpaired) electrons. The molecule has 0 aromatic heterocycles. The van der Waals surface area contributed by atoms with Crippen LogP contribution in [0.25, 0.3) is 0 Å². The summed E-state index contributed by atoms with van der Waals surface area (Å²) in [5, 5.41) is 8.79. The predicted octanol–water partition coefficient (Wildman–Crippen LogP) is 2.97. The number of carbonyl (C=O) groups excluding carboxylic acids is 2. The highest BCUT2D eigenvalue weighted by atomic mass is 16.2. The molecule has 0 aliphatic heterocycles. The number of carbonyl (C=O) groups is 2. The molecule has 0 saturated heterocycles. The van der Waals surface area contributed by atoms with E-state index in [1.807, 2.05) is 62.4 Å². The van der Waals surface area contributed by atoms with Crippen LogP contribution >= 0.6 is 0 Å². The van der Waals surface area contributed by atoms with Crippen LogP contribution in [0.5, 0.6) is 0 Å². The summed E-state index contributed by atoms with van der Waals surface area (Å²) in [6.45, 7) is 4.67. The van der Waals surface area contributed by atoms with E-state index in [0.717, 1.165) is 29.7 Å². The van der Waals surface area contributed by atoms with E-state index in [9.17, 15) is 9.59 Å². The number of rotatable bonds is 10. The Bertz CT molecular complexity index is 757. The second kappa shape index (κ2) is 11.1. The Morgan fingerprint density at radius 2 is 1.46 bits per heavy atom. The molecule has 0 saturated carbocycles. The topological polar surface area (TPSA) is 96.2 Å². The molecule has 2 aromatic carbocycles. The van der Waals surface area contributed by atoms with Gasteiger partial charge in [-0.15, -0.1) is 0 Å². The lowest BCUT2D eigenvalue weighted by Crippen LogP contribution is -2.45.